The van der Waals surface area contributed by atoms with Gasteiger partial charge in [0.25, 0.3) is 0 Å². The van der Waals surface area contributed by atoms with Gasteiger partial charge < -0.3 is 103 Å². The van der Waals surface area contributed by atoms with Crippen LogP contribution in [-0.4, -0.2) is 258 Å². The van der Waals surface area contributed by atoms with Gasteiger partial charge in [-0.05, 0) is 20.8 Å². The SMILES string of the molecule is CC(=O)NC1C(NC(=O)C[C@H](CC(=O)OC(C)(C)C)C(=O)NCCOCCOCCOCCOCCOCCOCCOCCOCCOCCOCCOCCOCCC(=O)O)OC(CO)C(O)C1O. The second-order valence-corrected chi connectivity index (χ2v) is 16.5. The average Bonchev–Trinajstić information content (AvgIpc) is 3.31. The van der Waals surface area contributed by atoms with Crippen LogP contribution in [0.25, 0.3) is 0 Å². The van der Waals surface area contributed by atoms with Gasteiger partial charge in [0.2, 0.25) is 17.7 Å². The van der Waals surface area contributed by atoms with Crippen molar-refractivity contribution >= 4 is 29.7 Å². The number of aliphatic hydroxyl groups is 3. The van der Waals surface area contributed by atoms with E-state index in [1.165, 1.54) is 6.92 Å². The first-order valence-electron chi connectivity index (χ1n) is 24.0. The molecule has 0 radical (unpaired) electrons. The summed E-state index contributed by atoms with van der Waals surface area (Å²) in [5.74, 6) is -4.73. The predicted octanol–water partition coefficient (Wildman–Crippen LogP) is -2.43. The molecule has 1 rings (SSSR count). The first-order valence-corrected chi connectivity index (χ1v) is 24.0. The number of aliphatic carboxylic acids is 1. The third kappa shape index (κ3) is 38.0. The molecular weight excluding hydrogens is 950 g/mol. The van der Waals surface area contributed by atoms with Crippen molar-refractivity contribution in [2.24, 2.45) is 5.92 Å². The molecule has 0 aromatic rings. The lowest BCUT2D eigenvalue weighted by Crippen LogP contribution is -2.68. The third-order valence-corrected chi connectivity index (χ3v) is 9.33. The standard InChI is InChI=1S/C45H83N3O23/c1-34(50)47-40-42(56)41(55)36(33-49)70-44(40)48-37(51)31-35(32-39(54)71-45(2,3)4)43(57)46-6-8-59-10-12-61-14-16-63-18-20-65-22-24-67-26-28-69-30-29-68-27-25-66-23-21-64-19-17-62-15-13-60-11-9-58-7-5-38(52)53/h35-36,40-42,44,49,55-56H,5-33H2,1-4H3,(H,46,57)(H,47,50)(H,48,51)(H,52,53)/t35-,36?,40?,41?,42?,44?/m1/s1. The topological polar surface area (TPSA) is 332 Å². The second-order valence-electron chi connectivity index (χ2n) is 16.5. The number of ether oxygens (including phenoxy) is 14. The number of hydrogen-bond donors (Lipinski definition) is 7. The third-order valence-electron chi connectivity index (χ3n) is 9.33. The van der Waals surface area contributed by atoms with Crippen LogP contribution in [0.5, 0.6) is 0 Å². The molecule has 7 N–H and O–H groups in total. The maximum atomic E-state index is 13.1. The highest BCUT2D eigenvalue weighted by Crippen LogP contribution is 2.21. The zero-order valence-corrected chi connectivity index (χ0v) is 42.0. The molecule has 0 bridgehead atoms. The number of carboxylic acids is 1. The van der Waals surface area contributed by atoms with E-state index in [9.17, 15) is 39.3 Å². The monoisotopic (exact) mass is 1030 g/mol. The van der Waals surface area contributed by atoms with E-state index >= 15 is 0 Å². The van der Waals surface area contributed by atoms with Crippen molar-refractivity contribution in [2.45, 2.75) is 83.1 Å². The van der Waals surface area contributed by atoms with Crippen molar-refractivity contribution in [2.75, 3.05) is 172 Å². The van der Waals surface area contributed by atoms with Crippen LogP contribution in [0, 0.1) is 5.92 Å². The Balaban J connectivity index is 1.99. The van der Waals surface area contributed by atoms with Crippen molar-refractivity contribution in [3.8, 4) is 0 Å². The number of carboxylic acid groups (broad SMARTS) is 1. The van der Waals surface area contributed by atoms with Gasteiger partial charge >= 0.3 is 11.9 Å². The fourth-order valence-corrected chi connectivity index (χ4v) is 5.99. The maximum Gasteiger partial charge on any atom is 0.307 e. The zero-order valence-electron chi connectivity index (χ0n) is 42.0. The first-order chi connectivity index (χ1) is 34.1. The largest absolute Gasteiger partial charge is 0.481 e. The Morgan fingerprint density at radius 3 is 1.24 bits per heavy atom. The summed E-state index contributed by atoms with van der Waals surface area (Å²) < 4.78 is 76.1. The Morgan fingerprint density at radius 1 is 0.535 bits per heavy atom. The van der Waals surface area contributed by atoms with E-state index in [-0.39, 0.29) is 39.4 Å². The van der Waals surface area contributed by atoms with E-state index in [0.717, 1.165) is 0 Å². The van der Waals surface area contributed by atoms with Gasteiger partial charge in [0.1, 0.15) is 30.0 Å². The summed E-state index contributed by atoms with van der Waals surface area (Å²) in [7, 11) is 0. The van der Waals surface area contributed by atoms with Crippen molar-refractivity contribution < 1.29 is 111 Å². The Morgan fingerprint density at radius 2 is 0.901 bits per heavy atom. The fourth-order valence-electron chi connectivity index (χ4n) is 5.99. The van der Waals surface area contributed by atoms with Gasteiger partial charge in [-0.15, -0.1) is 0 Å². The van der Waals surface area contributed by atoms with Gasteiger partial charge in [-0.25, -0.2) is 0 Å². The number of carbonyl (C=O) groups excluding carboxylic acids is 4. The van der Waals surface area contributed by atoms with Crippen LogP contribution in [0.2, 0.25) is 0 Å². The number of nitrogens with one attached hydrogen (secondary N) is 3. The molecule has 1 aliphatic rings. The summed E-state index contributed by atoms with van der Waals surface area (Å²) in [4.78, 5) is 61.1. The summed E-state index contributed by atoms with van der Waals surface area (Å²) in [6.07, 6.45) is -6.73. The predicted molar refractivity (Wildman–Crippen MR) is 247 cm³/mol. The molecule has 1 saturated heterocycles. The summed E-state index contributed by atoms with van der Waals surface area (Å²) in [5.41, 5.74) is -0.843. The highest BCUT2D eigenvalue weighted by atomic mass is 16.6. The normalized spacial score (nSPS) is 18.5. The van der Waals surface area contributed by atoms with Gasteiger partial charge in [0.15, 0.2) is 6.23 Å². The molecule has 1 fully saturated rings. The zero-order chi connectivity index (χ0) is 52.4. The molecule has 1 heterocycles. The van der Waals surface area contributed by atoms with E-state index in [4.69, 9.17) is 71.4 Å². The van der Waals surface area contributed by atoms with Crippen molar-refractivity contribution in [3.05, 3.63) is 0 Å². The van der Waals surface area contributed by atoms with Crippen LogP contribution in [0.15, 0.2) is 0 Å². The van der Waals surface area contributed by atoms with Crippen molar-refractivity contribution in [1.29, 1.82) is 0 Å². The van der Waals surface area contributed by atoms with Crippen LogP contribution in [0.1, 0.15) is 47.0 Å². The van der Waals surface area contributed by atoms with E-state index in [1.807, 2.05) is 0 Å². The molecule has 71 heavy (non-hydrogen) atoms. The molecule has 0 aliphatic carbocycles. The van der Waals surface area contributed by atoms with Crippen LogP contribution in [-0.2, 0) is 90.3 Å². The molecule has 5 unspecified atom stereocenters. The van der Waals surface area contributed by atoms with Gasteiger partial charge in [-0.1, -0.05) is 0 Å². The van der Waals surface area contributed by atoms with E-state index < -0.39 is 91.2 Å². The Kier molecular flexibility index (Phi) is 39.9. The molecular formula is C45H83N3O23. The minimum Gasteiger partial charge on any atom is -0.481 e. The number of amides is 3. The van der Waals surface area contributed by atoms with Crippen LogP contribution >= 0.6 is 0 Å². The lowest BCUT2D eigenvalue weighted by atomic mass is 9.95. The van der Waals surface area contributed by atoms with Gasteiger partial charge in [0, 0.05) is 19.9 Å². The molecule has 1 aliphatic heterocycles. The van der Waals surface area contributed by atoms with Crippen LogP contribution < -0.4 is 16.0 Å². The van der Waals surface area contributed by atoms with E-state index in [0.29, 0.717) is 132 Å². The minimum atomic E-state index is -1.59. The van der Waals surface area contributed by atoms with E-state index in [2.05, 4.69) is 16.0 Å². The average molecular weight is 1030 g/mol. The summed E-state index contributed by atoms with van der Waals surface area (Å²) >= 11 is 0. The molecule has 0 aromatic heterocycles. The smallest absolute Gasteiger partial charge is 0.307 e. The highest BCUT2D eigenvalue weighted by molar-refractivity contribution is 5.89. The number of rotatable bonds is 47. The Hall–Kier alpha value is -3.29. The molecule has 6 atom stereocenters. The quantitative estimate of drug-likeness (QED) is 0.0246. The lowest BCUT2D eigenvalue weighted by molar-refractivity contribution is -0.203. The van der Waals surface area contributed by atoms with Crippen molar-refractivity contribution in [1.82, 2.24) is 16.0 Å². The number of esters is 1. The molecule has 0 aromatic carbocycles. The summed E-state index contributed by atoms with van der Waals surface area (Å²) in [5, 5.41) is 46.4. The lowest BCUT2D eigenvalue weighted by Gasteiger charge is -2.42. The molecule has 0 spiro atoms. The molecule has 26 nitrogen and oxygen atoms in total. The van der Waals surface area contributed by atoms with Gasteiger partial charge in [-0.3, -0.25) is 24.0 Å². The van der Waals surface area contributed by atoms with Crippen molar-refractivity contribution in [3.63, 3.8) is 0 Å². The second kappa shape index (κ2) is 43.1. The van der Waals surface area contributed by atoms with Gasteiger partial charge in [-0.2, -0.15) is 0 Å². The van der Waals surface area contributed by atoms with Crippen LogP contribution in [0.3, 0.4) is 0 Å². The Bertz CT molecular complexity index is 1380. The number of aliphatic hydroxyl groups excluding tert-OH is 3. The molecule has 0 saturated carbocycles. The maximum absolute atomic E-state index is 13.1. The fraction of sp³-hybridized carbons (Fsp3) is 0.889. The number of hydrogen-bond acceptors (Lipinski definition) is 22. The number of carbonyl (C=O) groups is 5. The molecule has 26 heteroatoms. The van der Waals surface area contributed by atoms with Crippen LogP contribution in [0.4, 0.5) is 0 Å². The summed E-state index contributed by atoms with van der Waals surface area (Å²) in [6, 6.07) is -1.27. The molecule has 3 amide bonds. The van der Waals surface area contributed by atoms with E-state index in [1.54, 1.807) is 20.8 Å². The molecule has 416 valence electrons. The first kappa shape index (κ1) is 65.7. The van der Waals surface area contributed by atoms with Gasteiger partial charge in [0.05, 0.1) is 184 Å². The Labute approximate surface area is 416 Å². The summed E-state index contributed by atoms with van der Waals surface area (Å²) in [6.45, 7) is 14.6. The minimum absolute atomic E-state index is 0.0218. The highest BCUT2D eigenvalue weighted by Gasteiger charge is 2.45.